The minimum Gasteiger partial charge on any atom is -0.387 e. The lowest BCUT2D eigenvalue weighted by molar-refractivity contribution is 0.0196. The molecule has 0 spiro atoms. The number of rotatable bonds is 2. The molecule has 0 heterocycles. The van der Waals surface area contributed by atoms with E-state index in [4.69, 9.17) is 0 Å². The van der Waals surface area contributed by atoms with Crippen molar-refractivity contribution in [2.45, 2.75) is 38.7 Å². The summed E-state index contributed by atoms with van der Waals surface area (Å²) in [6.07, 6.45) is 2.24. The standard InChI is InChI=1S/C15H18FNO/c1-11-5-4-8-15(9-11,10-17)14(18)12-6-2-3-7-13(12)16/h2-3,6-7,11,14,18H,4-5,8-9H2,1H3. The first-order valence-corrected chi connectivity index (χ1v) is 6.43. The van der Waals surface area contributed by atoms with Crippen LogP contribution >= 0.6 is 0 Å². The lowest BCUT2D eigenvalue weighted by Gasteiger charge is -2.38. The highest BCUT2D eigenvalue weighted by Crippen LogP contribution is 2.47. The molecule has 1 aromatic carbocycles. The Morgan fingerprint density at radius 1 is 1.50 bits per heavy atom. The molecule has 0 bridgehead atoms. The maximum atomic E-state index is 13.7. The first-order valence-electron chi connectivity index (χ1n) is 6.43. The lowest BCUT2D eigenvalue weighted by Crippen LogP contribution is -2.33. The van der Waals surface area contributed by atoms with Crippen LogP contribution in [-0.2, 0) is 0 Å². The molecule has 2 rings (SSSR count). The summed E-state index contributed by atoms with van der Waals surface area (Å²) in [4.78, 5) is 0. The Kier molecular flexibility index (Phi) is 3.68. The summed E-state index contributed by atoms with van der Waals surface area (Å²) in [7, 11) is 0. The minimum atomic E-state index is -1.04. The SMILES string of the molecule is CC1CCCC(C#N)(C(O)c2ccccc2F)C1. The van der Waals surface area contributed by atoms with E-state index in [0.717, 1.165) is 12.8 Å². The molecule has 0 aliphatic heterocycles. The van der Waals surface area contributed by atoms with E-state index in [2.05, 4.69) is 13.0 Å². The van der Waals surface area contributed by atoms with Gasteiger partial charge < -0.3 is 5.11 Å². The predicted octanol–water partition coefficient (Wildman–Crippen LogP) is 3.58. The monoisotopic (exact) mass is 247 g/mol. The summed E-state index contributed by atoms with van der Waals surface area (Å²) >= 11 is 0. The van der Waals surface area contributed by atoms with Crippen molar-refractivity contribution in [3.05, 3.63) is 35.6 Å². The lowest BCUT2D eigenvalue weighted by atomic mass is 9.66. The fourth-order valence-corrected chi connectivity index (χ4v) is 3.00. The van der Waals surface area contributed by atoms with Crippen LogP contribution in [0.5, 0.6) is 0 Å². The van der Waals surface area contributed by atoms with Crippen molar-refractivity contribution in [1.82, 2.24) is 0 Å². The van der Waals surface area contributed by atoms with Crippen molar-refractivity contribution in [2.24, 2.45) is 11.3 Å². The van der Waals surface area contributed by atoms with Crippen molar-refractivity contribution in [1.29, 1.82) is 5.26 Å². The van der Waals surface area contributed by atoms with Crippen LogP contribution in [0.25, 0.3) is 0 Å². The predicted molar refractivity (Wildman–Crippen MR) is 67.0 cm³/mol. The molecule has 3 unspecified atom stereocenters. The van der Waals surface area contributed by atoms with Crippen LogP contribution in [0.4, 0.5) is 4.39 Å². The average Bonchev–Trinajstić information content (AvgIpc) is 2.38. The number of aliphatic hydroxyl groups excluding tert-OH is 1. The smallest absolute Gasteiger partial charge is 0.129 e. The third-order valence-electron chi connectivity index (χ3n) is 3.98. The van der Waals surface area contributed by atoms with Crippen LogP contribution in [0.15, 0.2) is 24.3 Å². The van der Waals surface area contributed by atoms with Gasteiger partial charge in [-0.2, -0.15) is 5.26 Å². The van der Waals surface area contributed by atoms with Gasteiger partial charge in [0.05, 0.1) is 11.5 Å². The molecule has 0 amide bonds. The topological polar surface area (TPSA) is 44.0 Å². The fourth-order valence-electron chi connectivity index (χ4n) is 3.00. The summed E-state index contributed by atoms with van der Waals surface area (Å²) in [5.41, 5.74) is -0.590. The molecule has 96 valence electrons. The molecule has 3 atom stereocenters. The van der Waals surface area contributed by atoms with E-state index in [-0.39, 0.29) is 5.56 Å². The molecule has 1 fully saturated rings. The van der Waals surface area contributed by atoms with E-state index < -0.39 is 17.3 Å². The van der Waals surface area contributed by atoms with Crippen LogP contribution in [0.1, 0.15) is 44.3 Å². The van der Waals surface area contributed by atoms with Crippen LogP contribution < -0.4 is 0 Å². The number of hydrogen-bond acceptors (Lipinski definition) is 2. The second-order valence-corrected chi connectivity index (χ2v) is 5.39. The van der Waals surface area contributed by atoms with Gasteiger partial charge in [0.15, 0.2) is 0 Å². The highest BCUT2D eigenvalue weighted by molar-refractivity contribution is 5.25. The van der Waals surface area contributed by atoms with Gasteiger partial charge in [-0.3, -0.25) is 0 Å². The number of benzene rings is 1. The molecule has 1 aliphatic rings. The van der Waals surface area contributed by atoms with E-state index in [0.29, 0.717) is 18.8 Å². The summed E-state index contributed by atoms with van der Waals surface area (Å²) in [5, 5.41) is 19.9. The number of nitrogens with zero attached hydrogens (tertiary/aromatic N) is 1. The normalized spacial score (nSPS) is 29.6. The summed E-state index contributed by atoms with van der Waals surface area (Å²) in [6, 6.07) is 8.44. The maximum absolute atomic E-state index is 13.7. The maximum Gasteiger partial charge on any atom is 0.129 e. The zero-order valence-corrected chi connectivity index (χ0v) is 10.6. The molecule has 1 aliphatic carbocycles. The molecule has 0 saturated heterocycles. The zero-order valence-electron chi connectivity index (χ0n) is 10.6. The molecule has 0 radical (unpaired) electrons. The zero-order chi connectivity index (χ0) is 13.2. The van der Waals surface area contributed by atoms with Gasteiger partial charge in [0.25, 0.3) is 0 Å². The molecular formula is C15H18FNO. The van der Waals surface area contributed by atoms with Gasteiger partial charge in [-0.25, -0.2) is 4.39 Å². The Balaban J connectivity index is 2.34. The molecule has 1 N–H and O–H groups in total. The van der Waals surface area contributed by atoms with Gasteiger partial charge >= 0.3 is 0 Å². The first-order chi connectivity index (χ1) is 8.59. The Labute approximate surface area is 107 Å². The molecule has 1 aromatic rings. The first kappa shape index (κ1) is 13.0. The van der Waals surface area contributed by atoms with Crippen LogP contribution in [-0.4, -0.2) is 5.11 Å². The van der Waals surface area contributed by atoms with Crippen molar-refractivity contribution in [3.63, 3.8) is 0 Å². The Morgan fingerprint density at radius 3 is 2.83 bits per heavy atom. The van der Waals surface area contributed by atoms with Crippen molar-refractivity contribution in [2.75, 3.05) is 0 Å². The van der Waals surface area contributed by atoms with E-state index in [1.807, 2.05) is 0 Å². The summed E-state index contributed by atoms with van der Waals surface area (Å²) in [6.45, 7) is 2.08. The quantitative estimate of drug-likeness (QED) is 0.868. The van der Waals surface area contributed by atoms with Gasteiger partial charge in [-0.05, 0) is 24.8 Å². The van der Waals surface area contributed by atoms with Crippen molar-refractivity contribution >= 4 is 0 Å². The summed E-state index contributed by atoms with van der Waals surface area (Å²) < 4.78 is 13.7. The Hall–Kier alpha value is -1.40. The second-order valence-electron chi connectivity index (χ2n) is 5.39. The van der Waals surface area contributed by atoms with Gasteiger partial charge in [0.2, 0.25) is 0 Å². The molecular weight excluding hydrogens is 229 g/mol. The number of aliphatic hydroxyl groups is 1. The van der Waals surface area contributed by atoms with Crippen LogP contribution in [0.2, 0.25) is 0 Å². The molecule has 2 nitrogen and oxygen atoms in total. The third-order valence-corrected chi connectivity index (χ3v) is 3.98. The van der Waals surface area contributed by atoms with E-state index in [1.54, 1.807) is 18.2 Å². The van der Waals surface area contributed by atoms with Gasteiger partial charge in [-0.15, -0.1) is 0 Å². The molecule has 3 heteroatoms. The van der Waals surface area contributed by atoms with Crippen molar-refractivity contribution < 1.29 is 9.50 Å². The van der Waals surface area contributed by atoms with Crippen LogP contribution in [0, 0.1) is 28.5 Å². The van der Waals surface area contributed by atoms with Gasteiger partial charge in [-0.1, -0.05) is 38.0 Å². The Morgan fingerprint density at radius 2 is 2.22 bits per heavy atom. The fraction of sp³-hybridized carbons (Fsp3) is 0.533. The number of halogens is 1. The van der Waals surface area contributed by atoms with E-state index in [9.17, 15) is 14.8 Å². The largest absolute Gasteiger partial charge is 0.387 e. The van der Waals surface area contributed by atoms with Gasteiger partial charge in [0.1, 0.15) is 11.9 Å². The van der Waals surface area contributed by atoms with Crippen LogP contribution in [0.3, 0.4) is 0 Å². The van der Waals surface area contributed by atoms with Gasteiger partial charge in [0, 0.05) is 5.56 Å². The minimum absolute atomic E-state index is 0.244. The number of nitriles is 1. The Bertz CT molecular complexity index is 468. The average molecular weight is 247 g/mol. The molecule has 18 heavy (non-hydrogen) atoms. The van der Waals surface area contributed by atoms with Crippen molar-refractivity contribution in [3.8, 4) is 6.07 Å². The highest BCUT2D eigenvalue weighted by Gasteiger charge is 2.43. The highest BCUT2D eigenvalue weighted by atomic mass is 19.1. The van der Waals surface area contributed by atoms with E-state index in [1.165, 1.54) is 6.07 Å². The second kappa shape index (κ2) is 5.07. The molecule has 0 aromatic heterocycles. The van der Waals surface area contributed by atoms with E-state index >= 15 is 0 Å². The summed E-state index contributed by atoms with van der Waals surface area (Å²) in [5.74, 6) is -0.0299. The number of hydrogen-bond donors (Lipinski definition) is 1. The molecule has 1 saturated carbocycles. The third kappa shape index (κ3) is 2.26.